The van der Waals surface area contributed by atoms with Gasteiger partial charge in [-0.1, -0.05) is 12.1 Å². The van der Waals surface area contributed by atoms with Crippen LogP contribution in [-0.4, -0.2) is 37.8 Å². The van der Waals surface area contributed by atoms with Gasteiger partial charge in [0.05, 0.1) is 20.8 Å². The lowest BCUT2D eigenvalue weighted by Crippen LogP contribution is -2.33. The third kappa shape index (κ3) is 4.99. The fourth-order valence-electron chi connectivity index (χ4n) is 3.40. The number of aryl methyl sites for hydroxylation is 1. The number of carbonyl (C=O) groups is 2. The van der Waals surface area contributed by atoms with Crippen LogP contribution in [0.25, 0.3) is 0 Å². The molecule has 7 nitrogen and oxygen atoms in total. The number of rotatable bonds is 9. The fourth-order valence-corrected chi connectivity index (χ4v) is 3.40. The van der Waals surface area contributed by atoms with Crippen LogP contribution in [0.3, 0.4) is 0 Å². The van der Waals surface area contributed by atoms with Gasteiger partial charge in [0, 0.05) is 18.9 Å². The second-order valence-corrected chi connectivity index (χ2v) is 6.84. The van der Waals surface area contributed by atoms with E-state index >= 15 is 0 Å². The zero-order valence-corrected chi connectivity index (χ0v) is 16.6. The lowest BCUT2D eigenvalue weighted by molar-refractivity contribution is -0.142. The number of ether oxygens (including phenoxy) is 3. The van der Waals surface area contributed by atoms with Crippen LogP contribution >= 0.6 is 0 Å². The summed E-state index contributed by atoms with van der Waals surface area (Å²) in [6, 6.07) is 9.71. The maximum Gasteiger partial charge on any atom is 0.330 e. The molecular formula is C22H25NO6. The normalized spacial score (nSPS) is 13.2. The monoisotopic (exact) mass is 399 g/mol. The van der Waals surface area contributed by atoms with E-state index in [2.05, 4.69) is 5.32 Å². The first-order valence-electron chi connectivity index (χ1n) is 9.50. The number of methoxy groups -OCH3 is 2. The topological polar surface area (TPSA) is 94.1 Å². The van der Waals surface area contributed by atoms with Crippen molar-refractivity contribution in [1.82, 2.24) is 5.32 Å². The number of aliphatic carboxylic acids is 1. The Hall–Kier alpha value is -3.22. The molecule has 7 heteroatoms. The molecule has 1 atom stereocenters. The van der Waals surface area contributed by atoms with E-state index in [1.807, 2.05) is 12.1 Å². The van der Waals surface area contributed by atoms with Crippen LogP contribution in [0.4, 0.5) is 0 Å². The predicted molar refractivity (Wildman–Crippen MR) is 107 cm³/mol. The highest BCUT2D eigenvalue weighted by atomic mass is 16.5. The van der Waals surface area contributed by atoms with E-state index in [0.717, 1.165) is 23.3 Å². The molecular weight excluding hydrogens is 374 g/mol. The standard InChI is InChI=1S/C22H25NO6/c1-27-17-8-6-14(19(13-17)28-2)4-3-5-20(24)23-21(22(25)26)16-7-9-18-15(12-16)10-11-29-18/h6-9,12-13,21H,3-5,10-11H2,1-2H3,(H,23,24)(H,25,26). The van der Waals surface area contributed by atoms with Gasteiger partial charge < -0.3 is 24.6 Å². The lowest BCUT2D eigenvalue weighted by Gasteiger charge is -2.16. The van der Waals surface area contributed by atoms with Crippen molar-refractivity contribution in [3.8, 4) is 17.2 Å². The maximum absolute atomic E-state index is 12.4. The van der Waals surface area contributed by atoms with E-state index in [-0.39, 0.29) is 12.3 Å². The van der Waals surface area contributed by atoms with Gasteiger partial charge in [-0.25, -0.2) is 4.79 Å². The highest BCUT2D eigenvalue weighted by Crippen LogP contribution is 2.29. The van der Waals surface area contributed by atoms with E-state index in [9.17, 15) is 14.7 Å². The van der Waals surface area contributed by atoms with Crippen LogP contribution in [0.2, 0.25) is 0 Å². The summed E-state index contributed by atoms with van der Waals surface area (Å²) >= 11 is 0. The van der Waals surface area contributed by atoms with Gasteiger partial charge >= 0.3 is 5.97 Å². The molecule has 0 bridgehead atoms. The quantitative estimate of drug-likeness (QED) is 0.673. The summed E-state index contributed by atoms with van der Waals surface area (Å²) in [7, 11) is 3.18. The van der Waals surface area contributed by atoms with Crippen LogP contribution in [0, 0.1) is 0 Å². The van der Waals surface area contributed by atoms with Gasteiger partial charge in [-0.05, 0) is 47.7 Å². The van der Waals surface area contributed by atoms with Gasteiger partial charge in [0.25, 0.3) is 0 Å². The molecule has 2 N–H and O–H groups in total. The van der Waals surface area contributed by atoms with Crippen molar-refractivity contribution in [3.63, 3.8) is 0 Å². The molecule has 0 saturated heterocycles. The number of amides is 1. The Balaban J connectivity index is 1.58. The summed E-state index contributed by atoms with van der Waals surface area (Å²) in [6.45, 7) is 0.595. The molecule has 1 unspecified atom stereocenters. The molecule has 1 aliphatic heterocycles. The van der Waals surface area contributed by atoms with Crippen LogP contribution in [-0.2, 0) is 22.4 Å². The van der Waals surface area contributed by atoms with Crippen molar-refractivity contribution in [2.24, 2.45) is 0 Å². The first-order chi connectivity index (χ1) is 14.0. The number of carboxylic acid groups (broad SMARTS) is 1. The molecule has 154 valence electrons. The van der Waals surface area contributed by atoms with E-state index in [0.29, 0.717) is 36.5 Å². The zero-order valence-electron chi connectivity index (χ0n) is 16.6. The summed E-state index contributed by atoms with van der Waals surface area (Å²) in [5, 5.41) is 12.2. The van der Waals surface area contributed by atoms with Gasteiger partial charge in [-0.2, -0.15) is 0 Å². The highest BCUT2D eigenvalue weighted by Gasteiger charge is 2.24. The Bertz CT molecular complexity index is 895. The maximum atomic E-state index is 12.4. The van der Waals surface area contributed by atoms with Crippen molar-refractivity contribution in [2.75, 3.05) is 20.8 Å². The lowest BCUT2D eigenvalue weighted by atomic mass is 10.0. The molecule has 1 amide bonds. The minimum Gasteiger partial charge on any atom is -0.497 e. The van der Waals surface area contributed by atoms with Gasteiger partial charge in [0.15, 0.2) is 6.04 Å². The Morgan fingerprint density at radius 2 is 2.00 bits per heavy atom. The Morgan fingerprint density at radius 3 is 2.72 bits per heavy atom. The summed E-state index contributed by atoms with van der Waals surface area (Å²) in [6.07, 6.45) is 2.16. The molecule has 1 heterocycles. The average Bonchev–Trinajstić information content (AvgIpc) is 3.19. The zero-order chi connectivity index (χ0) is 20.8. The third-order valence-electron chi connectivity index (χ3n) is 4.94. The Labute approximate surface area is 169 Å². The second kappa shape index (κ2) is 9.32. The first kappa shape index (κ1) is 20.5. The number of fused-ring (bicyclic) bond motifs is 1. The highest BCUT2D eigenvalue weighted by molar-refractivity contribution is 5.84. The molecule has 0 spiro atoms. The molecule has 0 aliphatic carbocycles. The number of benzene rings is 2. The van der Waals surface area contributed by atoms with Gasteiger partial charge in [-0.3, -0.25) is 4.79 Å². The molecule has 0 fully saturated rings. The number of carbonyl (C=O) groups excluding carboxylic acids is 1. The van der Waals surface area contributed by atoms with Crippen LogP contribution < -0.4 is 19.5 Å². The Morgan fingerprint density at radius 1 is 1.17 bits per heavy atom. The molecule has 1 aliphatic rings. The predicted octanol–water partition coefficient (Wildman–Crippen LogP) is 2.90. The van der Waals surface area contributed by atoms with Gasteiger partial charge in [0.2, 0.25) is 5.91 Å². The molecule has 0 saturated carbocycles. The van der Waals surface area contributed by atoms with Crippen LogP contribution in [0.1, 0.15) is 35.6 Å². The minimum absolute atomic E-state index is 0.215. The van der Waals surface area contributed by atoms with Crippen molar-refractivity contribution in [3.05, 3.63) is 53.1 Å². The van der Waals surface area contributed by atoms with Crippen molar-refractivity contribution >= 4 is 11.9 Å². The van der Waals surface area contributed by atoms with E-state index in [1.54, 1.807) is 38.5 Å². The Kier molecular flexibility index (Phi) is 6.59. The summed E-state index contributed by atoms with van der Waals surface area (Å²) in [4.78, 5) is 24.1. The van der Waals surface area contributed by atoms with Crippen molar-refractivity contribution < 1.29 is 28.9 Å². The number of carboxylic acids is 1. The summed E-state index contributed by atoms with van der Waals surface area (Å²) in [5.74, 6) is 0.786. The summed E-state index contributed by atoms with van der Waals surface area (Å²) < 4.78 is 16.0. The first-order valence-corrected chi connectivity index (χ1v) is 9.50. The second-order valence-electron chi connectivity index (χ2n) is 6.84. The molecule has 29 heavy (non-hydrogen) atoms. The third-order valence-corrected chi connectivity index (χ3v) is 4.94. The molecule has 0 aromatic heterocycles. The number of hydrogen-bond acceptors (Lipinski definition) is 5. The SMILES string of the molecule is COc1ccc(CCCC(=O)NC(C(=O)O)c2ccc3c(c2)CCO3)c(OC)c1. The van der Waals surface area contributed by atoms with Crippen molar-refractivity contribution in [1.29, 1.82) is 0 Å². The number of nitrogens with one attached hydrogen (secondary N) is 1. The van der Waals surface area contributed by atoms with Crippen LogP contribution in [0.5, 0.6) is 17.2 Å². The smallest absolute Gasteiger partial charge is 0.330 e. The van der Waals surface area contributed by atoms with E-state index in [4.69, 9.17) is 14.2 Å². The molecule has 2 aromatic rings. The largest absolute Gasteiger partial charge is 0.497 e. The van der Waals surface area contributed by atoms with Gasteiger partial charge in [-0.15, -0.1) is 0 Å². The van der Waals surface area contributed by atoms with E-state index in [1.165, 1.54) is 0 Å². The summed E-state index contributed by atoms with van der Waals surface area (Å²) in [5.41, 5.74) is 2.48. The molecule has 3 rings (SSSR count). The van der Waals surface area contributed by atoms with E-state index < -0.39 is 12.0 Å². The molecule has 2 aromatic carbocycles. The molecule has 0 radical (unpaired) electrons. The number of hydrogen-bond donors (Lipinski definition) is 2. The average molecular weight is 399 g/mol. The van der Waals surface area contributed by atoms with Gasteiger partial charge in [0.1, 0.15) is 17.2 Å². The van der Waals surface area contributed by atoms with Crippen LogP contribution in [0.15, 0.2) is 36.4 Å². The fraction of sp³-hybridized carbons (Fsp3) is 0.364. The van der Waals surface area contributed by atoms with Crippen molar-refractivity contribution in [2.45, 2.75) is 31.7 Å². The minimum atomic E-state index is -1.09.